The van der Waals surface area contributed by atoms with E-state index in [0.717, 1.165) is 22.8 Å². The van der Waals surface area contributed by atoms with Crippen LogP contribution in [0, 0.1) is 6.92 Å². The molecular formula is C21H25NO4. The number of amides is 1. The Hall–Kier alpha value is -2.69. The van der Waals surface area contributed by atoms with Gasteiger partial charge in [-0.15, -0.1) is 0 Å². The van der Waals surface area contributed by atoms with Crippen molar-refractivity contribution in [2.24, 2.45) is 0 Å². The molecule has 0 aliphatic carbocycles. The van der Waals surface area contributed by atoms with E-state index in [-0.39, 0.29) is 11.9 Å². The smallest absolute Gasteiger partial charge is 0.220 e. The van der Waals surface area contributed by atoms with Crippen LogP contribution in [0.3, 0.4) is 0 Å². The Balaban J connectivity index is 1.41. The molecule has 138 valence electrons. The molecule has 1 amide bonds. The number of nitrogens with one attached hydrogen (secondary N) is 1. The molecule has 0 radical (unpaired) electrons. The molecule has 0 spiro atoms. The highest BCUT2D eigenvalue weighted by molar-refractivity contribution is 5.76. The summed E-state index contributed by atoms with van der Waals surface area (Å²) in [4.78, 5) is 12.1. The summed E-state index contributed by atoms with van der Waals surface area (Å²) in [6, 6.07) is 13.7. The van der Waals surface area contributed by atoms with Crippen LogP contribution in [-0.4, -0.2) is 31.8 Å². The average molecular weight is 355 g/mol. The zero-order valence-corrected chi connectivity index (χ0v) is 15.3. The van der Waals surface area contributed by atoms with Gasteiger partial charge in [-0.1, -0.05) is 23.8 Å². The number of hydrogen-bond donors (Lipinski definition) is 1. The van der Waals surface area contributed by atoms with Gasteiger partial charge in [-0.25, -0.2) is 0 Å². The second-order valence-electron chi connectivity index (χ2n) is 6.57. The second kappa shape index (κ2) is 8.61. The normalized spacial score (nSPS) is 13.8. The molecule has 5 nitrogen and oxygen atoms in total. The van der Waals surface area contributed by atoms with Crippen LogP contribution in [0.4, 0.5) is 0 Å². The molecule has 0 bridgehead atoms. The zero-order valence-electron chi connectivity index (χ0n) is 15.3. The lowest BCUT2D eigenvalue weighted by Gasteiger charge is -2.19. The standard InChI is InChI=1S/C21H25NO4/c1-15-3-7-18(8-4-15)26-14-16(2)22-21(23)10-6-17-5-9-19-20(13-17)25-12-11-24-19/h3-5,7-9,13,16H,6,10-12,14H2,1-2H3,(H,22,23)/t16-/m1/s1. The van der Waals surface area contributed by atoms with Crippen molar-refractivity contribution in [2.45, 2.75) is 32.7 Å². The van der Waals surface area contributed by atoms with Crippen molar-refractivity contribution in [3.63, 3.8) is 0 Å². The number of aryl methyl sites for hydroxylation is 2. The maximum atomic E-state index is 12.1. The van der Waals surface area contributed by atoms with Gasteiger partial charge in [-0.3, -0.25) is 4.79 Å². The number of carbonyl (C=O) groups excluding carboxylic acids is 1. The Morgan fingerprint density at radius 3 is 2.62 bits per heavy atom. The van der Waals surface area contributed by atoms with Crippen LogP contribution in [0.25, 0.3) is 0 Å². The molecule has 1 aliphatic rings. The molecule has 3 rings (SSSR count). The molecule has 1 atom stereocenters. The van der Waals surface area contributed by atoms with Crippen molar-refractivity contribution < 1.29 is 19.0 Å². The molecule has 2 aromatic rings. The van der Waals surface area contributed by atoms with Gasteiger partial charge in [0.25, 0.3) is 0 Å². The van der Waals surface area contributed by atoms with Crippen LogP contribution in [0.5, 0.6) is 17.2 Å². The van der Waals surface area contributed by atoms with E-state index < -0.39 is 0 Å². The van der Waals surface area contributed by atoms with Gasteiger partial charge in [0.1, 0.15) is 25.6 Å². The lowest BCUT2D eigenvalue weighted by Crippen LogP contribution is -2.36. The quantitative estimate of drug-likeness (QED) is 0.828. The highest BCUT2D eigenvalue weighted by Crippen LogP contribution is 2.31. The minimum absolute atomic E-state index is 0.0138. The molecule has 1 heterocycles. The van der Waals surface area contributed by atoms with Crippen LogP contribution >= 0.6 is 0 Å². The lowest BCUT2D eigenvalue weighted by atomic mass is 10.1. The first-order chi connectivity index (χ1) is 12.6. The van der Waals surface area contributed by atoms with Crippen LogP contribution < -0.4 is 19.5 Å². The molecule has 2 aromatic carbocycles. The molecular weight excluding hydrogens is 330 g/mol. The second-order valence-corrected chi connectivity index (χ2v) is 6.57. The molecule has 5 heteroatoms. The highest BCUT2D eigenvalue weighted by atomic mass is 16.6. The number of benzene rings is 2. The summed E-state index contributed by atoms with van der Waals surface area (Å²) in [7, 11) is 0. The van der Waals surface area contributed by atoms with E-state index in [2.05, 4.69) is 5.32 Å². The third-order valence-corrected chi connectivity index (χ3v) is 4.18. The number of carbonyl (C=O) groups is 1. The van der Waals surface area contributed by atoms with Crippen molar-refractivity contribution >= 4 is 5.91 Å². The minimum Gasteiger partial charge on any atom is -0.491 e. The summed E-state index contributed by atoms with van der Waals surface area (Å²) in [5.41, 5.74) is 2.26. The summed E-state index contributed by atoms with van der Waals surface area (Å²) >= 11 is 0. The fraction of sp³-hybridized carbons (Fsp3) is 0.381. The van der Waals surface area contributed by atoms with E-state index in [1.807, 2.05) is 56.3 Å². The van der Waals surface area contributed by atoms with E-state index in [1.54, 1.807) is 0 Å². The van der Waals surface area contributed by atoms with Crippen molar-refractivity contribution in [2.75, 3.05) is 19.8 Å². The van der Waals surface area contributed by atoms with Gasteiger partial charge in [0.05, 0.1) is 6.04 Å². The lowest BCUT2D eigenvalue weighted by molar-refractivity contribution is -0.121. The summed E-state index contributed by atoms with van der Waals surface area (Å²) in [6.45, 7) is 5.57. The van der Waals surface area contributed by atoms with Gasteiger partial charge in [-0.05, 0) is 50.1 Å². The van der Waals surface area contributed by atoms with E-state index in [0.29, 0.717) is 32.7 Å². The van der Waals surface area contributed by atoms with Gasteiger partial charge in [0, 0.05) is 6.42 Å². The number of ether oxygens (including phenoxy) is 3. The third-order valence-electron chi connectivity index (χ3n) is 4.18. The SMILES string of the molecule is Cc1ccc(OC[C@@H](C)NC(=O)CCc2ccc3c(c2)OCCO3)cc1. The van der Waals surface area contributed by atoms with E-state index in [1.165, 1.54) is 5.56 Å². The van der Waals surface area contributed by atoms with Gasteiger partial charge in [-0.2, -0.15) is 0 Å². The first-order valence-corrected chi connectivity index (χ1v) is 8.97. The van der Waals surface area contributed by atoms with Crippen molar-refractivity contribution in [1.82, 2.24) is 5.32 Å². The molecule has 0 aromatic heterocycles. The number of hydrogen-bond acceptors (Lipinski definition) is 4. The molecule has 1 aliphatic heterocycles. The molecule has 0 unspecified atom stereocenters. The molecule has 0 saturated heterocycles. The first-order valence-electron chi connectivity index (χ1n) is 8.97. The highest BCUT2D eigenvalue weighted by Gasteiger charge is 2.13. The van der Waals surface area contributed by atoms with Gasteiger partial charge < -0.3 is 19.5 Å². The predicted molar refractivity (Wildman–Crippen MR) is 100 cm³/mol. The van der Waals surface area contributed by atoms with Crippen LogP contribution in [0.2, 0.25) is 0 Å². The maximum Gasteiger partial charge on any atom is 0.220 e. The van der Waals surface area contributed by atoms with Crippen molar-refractivity contribution in [1.29, 1.82) is 0 Å². The van der Waals surface area contributed by atoms with Crippen LogP contribution in [-0.2, 0) is 11.2 Å². The van der Waals surface area contributed by atoms with Crippen molar-refractivity contribution in [3.05, 3.63) is 53.6 Å². The fourth-order valence-corrected chi connectivity index (χ4v) is 2.75. The summed E-state index contributed by atoms with van der Waals surface area (Å²) in [5.74, 6) is 2.35. The first kappa shape index (κ1) is 18.1. The fourth-order valence-electron chi connectivity index (χ4n) is 2.75. The topological polar surface area (TPSA) is 56.8 Å². The van der Waals surface area contributed by atoms with E-state index in [4.69, 9.17) is 14.2 Å². The number of rotatable bonds is 7. The summed E-state index contributed by atoms with van der Waals surface area (Å²) in [5, 5.41) is 2.97. The number of fused-ring (bicyclic) bond motifs is 1. The Labute approximate surface area is 154 Å². The minimum atomic E-state index is -0.0518. The zero-order chi connectivity index (χ0) is 18.4. The molecule has 0 fully saturated rings. The van der Waals surface area contributed by atoms with Crippen LogP contribution in [0.15, 0.2) is 42.5 Å². The molecule has 0 saturated carbocycles. The van der Waals surface area contributed by atoms with Gasteiger partial charge in [0.15, 0.2) is 11.5 Å². The molecule has 26 heavy (non-hydrogen) atoms. The van der Waals surface area contributed by atoms with E-state index >= 15 is 0 Å². The third kappa shape index (κ3) is 5.15. The van der Waals surface area contributed by atoms with Crippen molar-refractivity contribution in [3.8, 4) is 17.2 Å². The Kier molecular flexibility index (Phi) is 6.00. The largest absolute Gasteiger partial charge is 0.491 e. The monoisotopic (exact) mass is 355 g/mol. The Bertz CT molecular complexity index is 742. The Morgan fingerprint density at radius 2 is 1.85 bits per heavy atom. The van der Waals surface area contributed by atoms with Crippen LogP contribution in [0.1, 0.15) is 24.5 Å². The van der Waals surface area contributed by atoms with Gasteiger partial charge >= 0.3 is 0 Å². The van der Waals surface area contributed by atoms with E-state index in [9.17, 15) is 4.79 Å². The average Bonchev–Trinajstić information content (AvgIpc) is 2.66. The predicted octanol–water partition coefficient (Wildman–Crippen LogP) is 3.28. The Morgan fingerprint density at radius 1 is 1.12 bits per heavy atom. The summed E-state index contributed by atoms with van der Waals surface area (Å²) in [6.07, 6.45) is 1.09. The van der Waals surface area contributed by atoms with Gasteiger partial charge in [0.2, 0.25) is 5.91 Å². The maximum absolute atomic E-state index is 12.1. The summed E-state index contributed by atoms with van der Waals surface area (Å²) < 4.78 is 16.8. The molecule has 1 N–H and O–H groups in total.